The largest absolute Gasteiger partial charge is 0.360 e. The van der Waals surface area contributed by atoms with Crippen molar-refractivity contribution in [3.05, 3.63) is 46.8 Å². The van der Waals surface area contributed by atoms with E-state index in [4.69, 9.17) is 4.52 Å². The number of benzene rings is 1. The molecule has 158 valence electrons. The minimum absolute atomic E-state index is 0.0142. The van der Waals surface area contributed by atoms with Gasteiger partial charge in [-0.3, -0.25) is 4.79 Å². The molecule has 1 aliphatic heterocycles. The molecule has 1 amide bonds. The van der Waals surface area contributed by atoms with Crippen molar-refractivity contribution < 1.29 is 17.7 Å². The van der Waals surface area contributed by atoms with Crippen molar-refractivity contribution in [1.82, 2.24) is 14.8 Å². The zero-order valence-electron chi connectivity index (χ0n) is 17.4. The minimum Gasteiger partial charge on any atom is -0.360 e. The van der Waals surface area contributed by atoms with Crippen molar-refractivity contribution in [2.45, 2.75) is 52.0 Å². The number of sulfonamides is 1. The van der Waals surface area contributed by atoms with E-state index in [2.05, 4.69) is 10.5 Å². The van der Waals surface area contributed by atoms with Crippen LogP contribution in [0.5, 0.6) is 0 Å². The number of piperidine rings is 1. The van der Waals surface area contributed by atoms with Gasteiger partial charge in [0.05, 0.1) is 0 Å². The third-order valence-electron chi connectivity index (χ3n) is 5.90. The van der Waals surface area contributed by atoms with Crippen molar-refractivity contribution in [2.75, 3.05) is 13.1 Å². The van der Waals surface area contributed by atoms with E-state index >= 15 is 0 Å². The lowest BCUT2D eigenvalue weighted by molar-refractivity contribution is -0.126. The van der Waals surface area contributed by atoms with E-state index in [-0.39, 0.29) is 22.6 Å². The van der Waals surface area contributed by atoms with Gasteiger partial charge in [-0.05, 0) is 50.7 Å². The Bertz CT molecular complexity index is 956. The van der Waals surface area contributed by atoms with Gasteiger partial charge in [0.2, 0.25) is 15.9 Å². The van der Waals surface area contributed by atoms with Crippen molar-refractivity contribution >= 4 is 15.9 Å². The Morgan fingerprint density at radius 3 is 2.48 bits per heavy atom. The number of rotatable bonds is 6. The highest BCUT2D eigenvalue weighted by Crippen LogP contribution is 2.30. The SMILES string of the molecule is Cc1ccccc1CNC(=O)[C@H](C)C1CCN(S(=O)(=O)c2c(C)noc2C)CC1. The molecule has 3 rings (SSSR count). The average molecular weight is 420 g/mol. The van der Waals surface area contributed by atoms with E-state index in [1.165, 1.54) is 4.31 Å². The third-order valence-corrected chi connectivity index (χ3v) is 8.04. The second-order valence-electron chi connectivity index (χ2n) is 7.83. The summed E-state index contributed by atoms with van der Waals surface area (Å²) in [6, 6.07) is 7.99. The Hall–Kier alpha value is -2.19. The maximum Gasteiger partial charge on any atom is 0.248 e. The fourth-order valence-corrected chi connectivity index (χ4v) is 5.71. The maximum atomic E-state index is 12.9. The predicted octanol–water partition coefficient (Wildman–Crippen LogP) is 2.95. The van der Waals surface area contributed by atoms with Gasteiger partial charge in [0.15, 0.2) is 5.76 Å². The summed E-state index contributed by atoms with van der Waals surface area (Å²) >= 11 is 0. The van der Waals surface area contributed by atoms with Gasteiger partial charge >= 0.3 is 0 Å². The van der Waals surface area contributed by atoms with Crippen molar-refractivity contribution in [2.24, 2.45) is 11.8 Å². The molecule has 29 heavy (non-hydrogen) atoms. The molecule has 0 unspecified atom stereocenters. The summed E-state index contributed by atoms with van der Waals surface area (Å²) in [6.07, 6.45) is 1.31. The fraction of sp³-hybridized carbons (Fsp3) is 0.524. The van der Waals surface area contributed by atoms with Gasteiger partial charge in [-0.15, -0.1) is 0 Å². The van der Waals surface area contributed by atoms with Crippen LogP contribution in [0.1, 0.15) is 42.3 Å². The zero-order valence-corrected chi connectivity index (χ0v) is 18.3. The molecule has 1 aliphatic rings. The summed E-state index contributed by atoms with van der Waals surface area (Å²) in [5.74, 6) is 0.319. The van der Waals surface area contributed by atoms with Crippen LogP contribution in [0.3, 0.4) is 0 Å². The Morgan fingerprint density at radius 1 is 1.24 bits per heavy atom. The van der Waals surface area contributed by atoms with E-state index < -0.39 is 10.0 Å². The first-order chi connectivity index (χ1) is 13.7. The molecule has 8 heteroatoms. The molecule has 1 saturated heterocycles. The van der Waals surface area contributed by atoms with Gasteiger partial charge in [0.1, 0.15) is 10.6 Å². The Morgan fingerprint density at radius 2 is 1.90 bits per heavy atom. The highest BCUT2D eigenvalue weighted by atomic mass is 32.2. The molecule has 1 atom stereocenters. The number of amides is 1. The van der Waals surface area contributed by atoms with Crippen LogP contribution in [-0.4, -0.2) is 36.9 Å². The van der Waals surface area contributed by atoms with Crippen LogP contribution >= 0.6 is 0 Å². The van der Waals surface area contributed by atoms with Crippen LogP contribution in [0.25, 0.3) is 0 Å². The number of carbonyl (C=O) groups excluding carboxylic acids is 1. The van der Waals surface area contributed by atoms with E-state index in [0.29, 0.717) is 43.9 Å². The Balaban J connectivity index is 1.57. The van der Waals surface area contributed by atoms with Crippen molar-refractivity contribution in [1.29, 1.82) is 0 Å². The quantitative estimate of drug-likeness (QED) is 0.777. The maximum absolute atomic E-state index is 12.9. The van der Waals surface area contributed by atoms with Crippen LogP contribution in [0.4, 0.5) is 0 Å². The molecule has 1 aromatic heterocycles. The predicted molar refractivity (Wildman–Crippen MR) is 110 cm³/mol. The monoisotopic (exact) mass is 419 g/mol. The van der Waals surface area contributed by atoms with E-state index in [9.17, 15) is 13.2 Å². The molecule has 0 aliphatic carbocycles. The number of carbonyl (C=O) groups is 1. The number of hydrogen-bond acceptors (Lipinski definition) is 5. The summed E-state index contributed by atoms with van der Waals surface area (Å²) < 4.78 is 32.4. The lowest BCUT2D eigenvalue weighted by Gasteiger charge is -2.33. The van der Waals surface area contributed by atoms with E-state index in [1.807, 2.05) is 38.1 Å². The molecule has 0 radical (unpaired) electrons. The minimum atomic E-state index is -3.62. The second kappa shape index (κ2) is 8.67. The highest BCUT2D eigenvalue weighted by molar-refractivity contribution is 7.89. The van der Waals surface area contributed by atoms with Crippen molar-refractivity contribution in [3.63, 3.8) is 0 Å². The van der Waals surface area contributed by atoms with Gasteiger partial charge in [-0.25, -0.2) is 8.42 Å². The first kappa shape index (κ1) is 21.5. The van der Waals surface area contributed by atoms with Crippen LogP contribution in [0.15, 0.2) is 33.7 Å². The van der Waals surface area contributed by atoms with E-state index in [0.717, 1.165) is 11.1 Å². The molecule has 1 aromatic carbocycles. The zero-order chi connectivity index (χ0) is 21.2. The van der Waals surface area contributed by atoms with Crippen LogP contribution in [0.2, 0.25) is 0 Å². The van der Waals surface area contributed by atoms with Gasteiger partial charge in [0.25, 0.3) is 0 Å². The lowest BCUT2D eigenvalue weighted by atomic mass is 9.85. The smallest absolute Gasteiger partial charge is 0.248 e. The standard InChI is InChI=1S/C21H29N3O4S/c1-14-7-5-6-8-19(14)13-22-21(25)15(2)18-9-11-24(12-10-18)29(26,27)20-16(3)23-28-17(20)4/h5-8,15,18H,9-13H2,1-4H3,(H,22,25)/t15-/m1/s1. The molecule has 7 nitrogen and oxygen atoms in total. The molecule has 2 heterocycles. The Kier molecular flexibility index (Phi) is 6.43. The topological polar surface area (TPSA) is 92.5 Å². The number of nitrogens with zero attached hydrogens (tertiary/aromatic N) is 2. The Labute approximate surface area is 172 Å². The molecule has 0 bridgehead atoms. The van der Waals surface area contributed by atoms with Gasteiger partial charge in [-0.2, -0.15) is 4.31 Å². The lowest BCUT2D eigenvalue weighted by Crippen LogP contribution is -2.42. The summed E-state index contributed by atoms with van der Waals surface area (Å²) in [7, 11) is -3.62. The van der Waals surface area contributed by atoms with Gasteiger partial charge < -0.3 is 9.84 Å². The summed E-state index contributed by atoms with van der Waals surface area (Å²) in [5.41, 5.74) is 2.64. The summed E-state index contributed by atoms with van der Waals surface area (Å²) in [5, 5.41) is 6.79. The third kappa shape index (κ3) is 4.53. The normalized spacial score (nSPS) is 17.2. The molecule has 0 saturated carbocycles. The summed E-state index contributed by atoms with van der Waals surface area (Å²) in [4.78, 5) is 12.8. The number of hydrogen-bond donors (Lipinski definition) is 1. The number of aromatic nitrogens is 1. The molecule has 0 spiro atoms. The molecular formula is C21H29N3O4S. The molecule has 1 N–H and O–H groups in total. The highest BCUT2D eigenvalue weighted by Gasteiger charge is 2.36. The number of nitrogens with one attached hydrogen (secondary N) is 1. The first-order valence-electron chi connectivity index (χ1n) is 9.97. The van der Waals surface area contributed by atoms with Crippen LogP contribution in [-0.2, 0) is 21.4 Å². The number of aryl methyl sites for hydroxylation is 3. The molecular weight excluding hydrogens is 390 g/mol. The van der Waals surface area contributed by atoms with Crippen LogP contribution in [0, 0.1) is 32.6 Å². The van der Waals surface area contributed by atoms with Crippen molar-refractivity contribution in [3.8, 4) is 0 Å². The second-order valence-corrected chi connectivity index (χ2v) is 9.70. The summed E-state index contributed by atoms with van der Waals surface area (Å²) in [6.45, 7) is 8.50. The molecule has 1 fully saturated rings. The average Bonchev–Trinajstić information content (AvgIpc) is 3.05. The van der Waals surface area contributed by atoms with Gasteiger partial charge in [-0.1, -0.05) is 36.3 Å². The molecule has 2 aromatic rings. The van der Waals surface area contributed by atoms with Crippen LogP contribution < -0.4 is 5.32 Å². The van der Waals surface area contributed by atoms with Gasteiger partial charge in [0, 0.05) is 25.6 Å². The fourth-order valence-electron chi connectivity index (χ4n) is 3.95. The first-order valence-corrected chi connectivity index (χ1v) is 11.4. The van der Waals surface area contributed by atoms with E-state index in [1.54, 1.807) is 13.8 Å².